The van der Waals surface area contributed by atoms with E-state index < -0.39 is 0 Å². The number of amides is 1. The van der Waals surface area contributed by atoms with E-state index in [-0.39, 0.29) is 24.2 Å². The third-order valence-corrected chi connectivity index (χ3v) is 4.34. The zero-order valence-electron chi connectivity index (χ0n) is 12.7. The molecule has 3 rings (SSSR count). The molecule has 1 fully saturated rings. The van der Waals surface area contributed by atoms with Gasteiger partial charge in [-0.25, -0.2) is 9.48 Å². The average molecular weight is 303 g/mol. The molecule has 0 bridgehead atoms. The van der Waals surface area contributed by atoms with Crippen molar-refractivity contribution < 1.29 is 4.79 Å². The molecular formula is C15H21N5O2. The average Bonchev–Trinajstić information content (AvgIpc) is 3.31. The van der Waals surface area contributed by atoms with Crippen molar-refractivity contribution in [2.24, 2.45) is 0 Å². The normalized spacial score (nSPS) is 17.4. The lowest BCUT2D eigenvalue weighted by atomic mass is 10.2. The van der Waals surface area contributed by atoms with Crippen LogP contribution in [-0.4, -0.2) is 37.7 Å². The summed E-state index contributed by atoms with van der Waals surface area (Å²) >= 11 is 0. The number of hydrogen-bond donors (Lipinski definition) is 0. The highest BCUT2D eigenvalue weighted by molar-refractivity contribution is 5.76. The molecule has 7 heteroatoms. The van der Waals surface area contributed by atoms with Gasteiger partial charge in [0.2, 0.25) is 5.91 Å². The molecule has 1 aliphatic heterocycles. The van der Waals surface area contributed by atoms with Crippen LogP contribution in [0.5, 0.6) is 0 Å². The van der Waals surface area contributed by atoms with E-state index in [1.54, 1.807) is 9.47 Å². The van der Waals surface area contributed by atoms with Crippen LogP contribution in [0.1, 0.15) is 44.3 Å². The van der Waals surface area contributed by atoms with Crippen molar-refractivity contribution in [1.29, 1.82) is 5.26 Å². The van der Waals surface area contributed by atoms with E-state index in [4.69, 9.17) is 5.26 Å². The summed E-state index contributed by atoms with van der Waals surface area (Å²) in [5, 5.41) is 13.1. The van der Waals surface area contributed by atoms with Crippen molar-refractivity contribution in [1.82, 2.24) is 19.2 Å². The van der Waals surface area contributed by atoms with E-state index in [9.17, 15) is 9.59 Å². The quantitative estimate of drug-likeness (QED) is 0.800. The van der Waals surface area contributed by atoms with E-state index in [1.165, 1.54) is 4.68 Å². The summed E-state index contributed by atoms with van der Waals surface area (Å²) in [6, 6.07) is 2.32. The summed E-state index contributed by atoms with van der Waals surface area (Å²) in [6.45, 7) is 1.13. The second-order valence-corrected chi connectivity index (χ2v) is 6.05. The highest BCUT2D eigenvalue weighted by Gasteiger charge is 2.32. The molecule has 1 aromatic rings. The Hall–Kier alpha value is -2.10. The molecule has 0 N–H and O–H groups in total. The number of carbonyl (C=O) groups is 1. The Morgan fingerprint density at radius 3 is 2.91 bits per heavy atom. The maximum atomic E-state index is 12.4. The van der Waals surface area contributed by atoms with E-state index in [2.05, 4.69) is 11.2 Å². The fourth-order valence-electron chi connectivity index (χ4n) is 3.01. The number of nitriles is 1. The minimum Gasteiger partial charge on any atom is -0.337 e. The SMILES string of the molecule is N#CCCN(C(=O)Cn1nc2n(c1=O)CCCCC2)C1CC1. The predicted molar refractivity (Wildman–Crippen MR) is 79.0 cm³/mol. The standard InChI is InChI=1S/C15H21N5O2/c16-8-4-10-18(12-6-7-12)14(21)11-20-15(22)19-9-3-1-2-5-13(19)17-20/h12H,1-7,9-11H2. The second kappa shape index (κ2) is 6.34. The van der Waals surface area contributed by atoms with Crippen molar-refractivity contribution in [2.45, 2.75) is 64.1 Å². The van der Waals surface area contributed by atoms with Crippen LogP contribution >= 0.6 is 0 Å². The third-order valence-electron chi connectivity index (χ3n) is 4.34. The van der Waals surface area contributed by atoms with Gasteiger partial charge in [0.1, 0.15) is 12.4 Å². The van der Waals surface area contributed by atoms with Gasteiger partial charge in [-0.2, -0.15) is 10.4 Å². The molecule has 2 aliphatic rings. The van der Waals surface area contributed by atoms with Crippen LogP contribution in [0.15, 0.2) is 4.79 Å². The molecule has 0 radical (unpaired) electrons. The summed E-state index contributed by atoms with van der Waals surface area (Å²) in [5.41, 5.74) is -0.179. The third kappa shape index (κ3) is 3.06. The topological polar surface area (TPSA) is 83.9 Å². The molecule has 0 saturated heterocycles. The molecule has 118 valence electrons. The van der Waals surface area contributed by atoms with Gasteiger partial charge in [0.25, 0.3) is 0 Å². The first kappa shape index (κ1) is 14.8. The monoisotopic (exact) mass is 303 g/mol. The van der Waals surface area contributed by atoms with Gasteiger partial charge >= 0.3 is 5.69 Å². The number of aryl methyl sites for hydroxylation is 1. The smallest absolute Gasteiger partial charge is 0.337 e. The number of rotatable bonds is 5. The van der Waals surface area contributed by atoms with E-state index in [0.29, 0.717) is 19.5 Å². The van der Waals surface area contributed by atoms with Crippen LogP contribution in [0.4, 0.5) is 0 Å². The van der Waals surface area contributed by atoms with Crippen molar-refractivity contribution in [3.63, 3.8) is 0 Å². The summed E-state index contributed by atoms with van der Waals surface area (Å²) in [4.78, 5) is 26.5. The Morgan fingerprint density at radius 1 is 1.36 bits per heavy atom. The largest absolute Gasteiger partial charge is 0.346 e. The molecule has 1 aliphatic carbocycles. The first-order chi connectivity index (χ1) is 10.7. The molecule has 2 heterocycles. The molecule has 0 atom stereocenters. The Kier molecular flexibility index (Phi) is 4.27. The van der Waals surface area contributed by atoms with Gasteiger partial charge in [0.05, 0.1) is 12.5 Å². The Labute approximate surface area is 129 Å². The van der Waals surface area contributed by atoms with Crippen molar-refractivity contribution in [3.05, 3.63) is 16.3 Å². The van der Waals surface area contributed by atoms with Crippen LogP contribution in [0.25, 0.3) is 0 Å². The van der Waals surface area contributed by atoms with Gasteiger partial charge in [-0.3, -0.25) is 9.36 Å². The molecule has 1 amide bonds. The zero-order chi connectivity index (χ0) is 15.5. The van der Waals surface area contributed by atoms with Gasteiger partial charge < -0.3 is 4.90 Å². The molecule has 0 unspecified atom stereocenters. The van der Waals surface area contributed by atoms with Crippen LogP contribution in [0.2, 0.25) is 0 Å². The van der Waals surface area contributed by atoms with E-state index >= 15 is 0 Å². The molecule has 1 saturated carbocycles. The lowest BCUT2D eigenvalue weighted by molar-refractivity contribution is -0.132. The molecule has 0 spiro atoms. The van der Waals surface area contributed by atoms with Gasteiger partial charge in [-0.1, -0.05) is 6.42 Å². The van der Waals surface area contributed by atoms with E-state index in [0.717, 1.165) is 44.3 Å². The van der Waals surface area contributed by atoms with Crippen molar-refractivity contribution >= 4 is 5.91 Å². The predicted octanol–water partition coefficient (Wildman–Crippen LogP) is 0.676. The second-order valence-electron chi connectivity index (χ2n) is 6.05. The van der Waals surface area contributed by atoms with Gasteiger partial charge in [-0.15, -0.1) is 0 Å². The summed E-state index contributed by atoms with van der Waals surface area (Å²) < 4.78 is 3.00. The van der Waals surface area contributed by atoms with Gasteiger partial charge in [-0.05, 0) is 25.7 Å². The lowest BCUT2D eigenvalue weighted by Crippen LogP contribution is -2.39. The first-order valence-corrected chi connectivity index (χ1v) is 8.03. The van der Waals surface area contributed by atoms with Crippen LogP contribution < -0.4 is 5.69 Å². The summed E-state index contributed by atoms with van der Waals surface area (Å²) in [5.74, 6) is 0.693. The zero-order valence-corrected chi connectivity index (χ0v) is 12.7. The minimum absolute atomic E-state index is 0.0131. The van der Waals surface area contributed by atoms with E-state index in [1.807, 2.05) is 0 Å². The first-order valence-electron chi connectivity index (χ1n) is 8.03. The number of fused-ring (bicyclic) bond motifs is 1. The van der Waals surface area contributed by atoms with Crippen molar-refractivity contribution in [3.8, 4) is 6.07 Å². The molecule has 22 heavy (non-hydrogen) atoms. The van der Waals surface area contributed by atoms with Crippen LogP contribution in [0, 0.1) is 11.3 Å². The lowest BCUT2D eigenvalue weighted by Gasteiger charge is -2.20. The molecule has 1 aromatic heterocycles. The van der Waals surface area contributed by atoms with Crippen LogP contribution in [-0.2, 0) is 24.3 Å². The Morgan fingerprint density at radius 2 is 2.18 bits per heavy atom. The number of carbonyl (C=O) groups excluding carboxylic acids is 1. The maximum absolute atomic E-state index is 12.4. The van der Waals surface area contributed by atoms with Crippen molar-refractivity contribution in [2.75, 3.05) is 6.54 Å². The van der Waals surface area contributed by atoms with Gasteiger partial charge in [0.15, 0.2) is 0 Å². The summed E-state index contributed by atoms with van der Waals surface area (Å²) in [7, 11) is 0. The highest BCUT2D eigenvalue weighted by atomic mass is 16.2. The number of nitrogens with zero attached hydrogens (tertiary/aromatic N) is 5. The highest BCUT2D eigenvalue weighted by Crippen LogP contribution is 2.27. The van der Waals surface area contributed by atoms with Gasteiger partial charge in [0, 0.05) is 25.6 Å². The fourth-order valence-corrected chi connectivity index (χ4v) is 3.01. The molecular weight excluding hydrogens is 282 g/mol. The summed E-state index contributed by atoms with van der Waals surface area (Å²) in [6.07, 6.45) is 6.26. The fraction of sp³-hybridized carbons (Fsp3) is 0.733. The number of aromatic nitrogens is 3. The Bertz CT molecular complexity index is 650. The van der Waals surface area contributed by atoms with Crippen LogP contribution in [0.3, 0.4) is 0 Å². The molecule has 7 nitrogen and oxygen atoms in total. The minimum atomic E-state index is -0.179. The Balaban J connectivity index is 1.73. The number of hydrogen-bond acceptors (Lipinski definition) is 4. The molecule has 0 aromatic carbocycles. The maximum Gasteiger partial charge on any atom is 0.346 e.